The van der Waals surface area contributed by atoms with E-state index in [2.05, 4.69) is 45.4 Å². The SMILES string of the molecule is S=C1N(CCCC[C@H]2CNC(C3CCCC3)=N2)C[C@@H](c2ccccc2)N1CCC1CCCCC1. The van der Waals surface area contributed by atoms with Crippen LogP contribution >= 0.6 is 12.2 Å². The van der Waals surface area contributed by atoms with Gasteiger partial charge in [0, 0.05) is 32.1 Å². The lowest BCUT2D eigenvalue weighted by Gasteiger charge is -2.29. The molecule has 5 rings (SSSR count). The highest BCUT2D eigenvalue weighted by Gasteiger charge is 2.35. The molecule has 0 amide bonds. The summed E-state index contributed by atoms with van der Waals surface area (Å²) in [7, 11) is 0. The smallest absolute Gasteiger partial charge is 0.172 e. The monoisotopic (exact) mass is 480 g/mol. The number of aliphatic imine (C=N–C) groups is 1. The summed E-state index contributed by atoms with van der Waals surface area (Å²) in [6.45, 7) is 4.30. The molecule has 2 heterocycles. The highest BCUT2D eigenvalue weighted by Crippen LogP contribution is 2.33. The molecule has 1 N–H and O–H groups in total. The maximum absolute atomic E-state index is 6.06. The zero-order valence-electron chi connectivity index (χ0n) is 21.0. The second kappa shape index (κ2) is 11.9. The standard InChI is InChI=1S/C29H44N4S/c34-29-32(19-10-9-17-26-21-30-28(31-26)25-15-7-8-16-25)22-27(24-13-5-2-6-14-24)33(29)20-18-23-11-3-1-4-12-23/h2,5-6,13-14,23,25-27H,1,3-4,7-12,15-22H2,(H,30,31)/t26-,27-/m0/s1. The minimum atomic E-state index is 0.412. The summed E-state index contributed by atoms with van der Waals surface area (Å²) in [6.07, 6.45) is 17.5. The van der Waals surface area contributed by atoms with Crippen molar-refractivity contribution in [3.05, 3.63) is 35.9 Å². The zero-order valence-corrected chi connectivity index (χ0v) is 21.8. The van der Waals surface area contributed by atoms with E-state index >= 15 is 0 Å². The minimum Gasteiger partial charge on any atom is -0.371 e. The van der Waals surface area contributed by atoms with Gasteiger partial charge in [0.15, 0.2) is 5.11 Å². The molecule has 0 radical (unpaired) electrons. The van der Waals surface area contributed by atoms with Crippen LogP contribution in [-0.4, -0.2) is 53.0 Å². The highest BCUT2D eigenvalue weighted by atomic mass is 32.1. The Labute approximate surface area is 212 Å². The first kappa shape index (κ1) is 24.1. The first-order chi connectivity index (χ1) is 16.8. The van der Waals surface area contributed by atoms with Gasteiger partial charge in [0.1, 0.15) is 0 Å². The van der Waals surface area contributed by atoms with Crippen molar-refractivity contribution in [2.24, 2.45) is 16.8 Å². The Balaban J connectivity index is 1.12. The summed E-state index contributed by atoms with van der Waals surface area (Å²) in [5.41, 5.74) is 1.42. The molecule has 186 valence electrons. The molecule has 0 bridgehead atoms. The van der Waals surface area contributed by atoms with Crippen molar-refractivity contribution in [1.29, 1.82) is 0 Å². The van der Waals surface area contributed by atoms with Gasteiger partial charge >= 0.3 is 0 Å². The van der Waals surface area contributed by atoms with E-state index in [1.54, 1.807) is 0 Å². The second-order valence-corrected chi connectivity index (χ2v) is 11.5. The molecule has 4 aliphatic rings. The summed E-state index contributed by atoms with van der Waals surface area (Å²) in [4.78, 5) is 10.1. The van der Waals surface area contributed by atoms with Gasteiger partial charge in [-0.1, -0.05) is 75.3 Å². The van der Waals surface area contributed by atoms with E-state index in [0.29, 0.717) is 12.1 Å². The third-order valence-electron chi connectivity index (χ3n) is 8.77. The fourth-order valence-corrected chi connectivity index (χ4v) is 7.09. The van der Waals surface area contributed by atoms with Crippen molar-refractivity contribution in [1.82, 2.24) is 15.1 Å². The number of amidine groups is 1. The molecule has 2 aliphatic heterocycles. The molecule has 0 spiro atoms. The van der Waals surface area contributed by atoms with Gasteiger partial charge in [-0.2, -0.15) is 0 Å². The number of thiocarbonyl (C=S) groups is 1. The largest absolute Gasteiger partial charge is 0.371 e. The average Bonchev–Trinajstić information content (AvgIpc) is 3.63. The van der Waals surface area contributed by atoms with Crippen LogP contribution in [-0.2, 0) is 0 Å². The van der Waals surface area contributed by atoms with Gasteiger partial charge in [0.25, 0.3) is 0 Å². The molecular weight excluding hydrogens is 436 g/mol. The Morgan fingerprint density at radius 3 is 2.44 bits per heavy atom. The summed E-state index contributed by atoms with van der Waals surface area (Å²) in [6, 6.07) is 12.0. The number of benzene rings is 1. The Morgan fingerprint density at radius 2 is 1.65 bits per heavy atom. The van der Waals surface area contributed by atoms with Crippen LogP contribution in [0, 0.1) is 11.8 Å². The Kier molecular flexibility index (Phi) is 8.42. The van der Waals surface area contributed by atoms with Crippen molar-refractivity contribution in [3.8, 4) is 0 Å². The predicted molar refractivity (Wildman–Crippen MR) is 146 cm³/mol. The summed E-state index contributed by atoms with van der Waals surface area (Å²) >= 11 is 6.06. The number of unbranched alkanes of at least 4 members (excludes halogenated alkanes) is 1. The molecule has 4 nitrogen and oxygen atoms in total. The van der Waals surface area contributed by atoms with Crippen LogP contribution in [0.4, 0.5) is 0 Å². The number of nitrogens with one attached hydrogen (secondary N) is 1. The Bertz CT molecular complexity index is 813. The van der Waals surface area contributed by atoms with E-state index in [0.717, 1.165) is 43.1 Å². The van der Waals surface area contributed by atoms with Crippen LogP contribution in [0.2, 0.25) is 0 Å². The van der Waals surface area contributed by atoms with Crippen molar-refractivity contribution in [2.75, 3.05) is 26.2 Å². The van der Waals surface area contributed by atoms with Gasteiger partial charge in [-0.05, 0) is 62.2 Å². The van der Waals surface area contributed by atoms with Crippen molar-refractivity contribution in [2.45, 2.75) is 95.6 Å². The topological polar surface area (TPSA) is 30.9 Å². The van der Waals surface area contributed by atoms with Crippen LogP contribution in [0.1, 0.15) is 95.1 Å². The molecule has 3 fully saturated rings. The van der Waals surface area contributed by atoms with Crippen LogP contribution in [0.25, 0.3) is 0 Å². The number of hydrogen-bond donors (Lipinski definition) is 1. The van der Waals surface area contributed by atoms with Gasteiger partial charge in [-0.3, -0.25) is 4.99 Å². The molecule has 1 aromatic carbocycles. The first-order valence-corrected chi connectivity index (χ1v) is 14.6. The highest BCUT2D eigenvalue weighted by molar-refractivity contribution is 7.80. The van der Waals surface area contributed by atoms with E-state index in [9.17, 15) is 0 Å². The van der Waals surface area contributed by atoms with E-state index in [-0.39, 0.29) is 0 Å². The summed E-state index contributed by atoms with van der Waals surface area (Å²) < 4.78 is 0. The van der Waals surface area contributed by atoms with Gasteiger partial charge < -0.3 is 15.1 Å². The van der Waals surface area contributed by atoms with Crippen LogP contribution in [0.15, 0.2) is 35.3 Å². The van der Waals surface area contributed by atoms with E-state index < -0.39 is 0 Å². The quantitative estimate of drug-likeness (QED) is 0.313. The van der Waals surface area contributed by atoms with Crippen molar-refractivity contribution < 1.29 is 0 Å². The zero-order chi connectivity index (χ0) is 23.2. The molecule has 1 saturated heterocycles. The maximum atomic E-state index is 6.06. The second-order valence-electron chi connectivity index (χ2n) is 11.2. The summed E-state index contributed by atoms with van der Waals surface area (Å²) in [5.74, 6) is 2.95. The third-order valence-corrected chi connectivity index (χ3v) is 9.26. The first-order valence-electron chi connectivity index (χ1n) is 14.2. The predicted octanol–water partition coefficient (Wildman–Crippen LogP) is 6.33. The van der Waals surface area contributed by atoms with E-state index in [1.165, 1.54) is 94.9 Å². The van der Waals surface area contributed by atoms with Crippen LogP contribution in [0.3, 0.4) is 0 Å². The number of rotatable bonds is 10. The molecule has 5 heteroatoms. The van der Waals surface area contributed by atoms with Gasteiger partial charge in [-0.25, -0.2) is 0 Å². The lowest BCUT2D eigenvalue weighted by Crippen LogP contribution is -2.34. The molecule has 0 aromatic heterocycles. The van der Waals surface area contributed by atoms with E-state index in [4.69, 9.17) is 17.2 Å². The molecule has 2 saturated carbocycles. The molecule has 0 unspecified atom stereocenters. The lowest BCUT2D eigenvalue weighted by molar-refractivity contribution is 0.278. The molecule has 2 aliphatic carbocycles. The van der Waals surface area contributed by atoms with Gasteiger partial charge in [-0.15, -0.1) is 0 Å². The van der Waals surface area contributed by atoms with Crippen molar-refractivity contribution >= 4 is 23.2 Å². The lowest BCUT2D eigenvalue weighted by atomic mass is 9.87. The van der Waals surface area contributed by atoms with Crippen LogP contribution < -0.4 is 5.32 Å². The number of nitrogens with zero attached hydrogens (tertiary/aromatic N) is 3. The summed E-state index contributed by atoms with van der Waals surface area (Å²) in [5, 5.41) is 4.71. The van der Waals surface area contributed by atoms with Gasteiger partial charge in [0.05, 0.1) is 17.9 Å². The average molecular weight is 481 g/mol. The minimum absolute atomic E-state index is 0.412. The van der Waals surface area contributed by atoms with Crippen LogP contribution in [0.5, 0.6) is 0 Å². The molecule has 1 aromatic rings. The van der Waals surface area contributed by atoms with Gasteiger partial charge in [0.2, 0.25) is 0 Å². The molecular formula is C29H44N4S. The molecule has 2 atom stereocenters. The normalized spacial score (nSPS) is 26.4. The molecule has 34 heavy (non-hydrogen) atoms. The fraction of sp³-hybridized carbons (Fsp3) is 0.724. The third kappa shape index (κ3) is 5.95. The van der Waals surface area contributed by atoms with Crippen molar-refractivity contribution in [3.63, 3.8) is 0 Å². The van der Waals surface area contributed by atoms with E-state index in [1.807, 2.05) is 0 Å². The number of hydrogen-bond acceptors (Lipinski definition) is 3. The fourth-order valence-electron chi connectivity index (χ4n) is 6.71. The Morgan fingerprint density at radius 1 is 0.882 bits per heavy atom. The maximum Gasteiger partial charge on any atom is 0.172 e. The Hall–Kier alpha value is -1.62.